The lowest BCUT2D eigenvalue weighted by Gasteiger charge is -1.97. The van der Waals surface area contributed by atoms with Crippen LogP contribution in [0.4, 0.5) is 0 Å². The van der Waals surface area contributed by atoms with Gasteiger partial charge < -0.3 is 9.15 Å². The number of nitrogens with zero attached hydrogens (tertiary/aromatic N) is 2. The van der Waals surface area contributed by atoms with E-state index in [1.54, 1.807) is 31.2 Å². The molecular weight excluding hydrogens is 256 g/mol. The molecule has 0 unspecified atom stereocenters. The maximum absolute atomic E-state index is 11.2. The zero-order chi connectivity index (χ0) is 13.0. The second-order valence-electron chi connectivity index (χ2n) is 3.49. The van der Waals surface area contributed by atoms with E-state index < -0.39 is 0 Å². The summed E-state index contributed by atoms with van der Waals surface area (Å²) < 4.78 is 10.2. The Labute approximate surface area is 109 Å². The van der Waals surface area contributed by atoms with Gasteiger partial charge in [-0.15, -0.1) is 10.2 Å². The van der Waals surface area contributed by atoms with Gasteiger partial charge in [-0.1, -0.05) is 11.6 Å². The molecule has 0 spiro atoms. The number of rotatable bonds is 4. The van der Waals surface area contributed by atoms with E-state index in [9.17, 15) is 4.79 Å². The molecular formula is C12H11ClN2O3. The Morgan fingerprint density at radius 1 is 1.33 bits per heavy atom. The second kappa shape index (κ2) is 5.64. The molecule has 0 N–H and O–H groups in total. The normalized spacial score (nSPS) is 10.3. The summed E-state index contributed by atoms with van der Waals surface area (Å²) in [7, 11) is 0. The van der Waals surface area contributed by atoms with Crippen molar-refractivity contribution < 1.29 is 13.9 Å². The van der Waals surface area contributed by atoms with Crippen molar-refractivity contribution in [1.82, 2.24) is 10.2 Å². The Kier molecular flexibility index (Phi) is 3.94. The maximum Gasteiger partial charge on any atom is 0.315 e. The van der Waals surface area contributed by atoms with Crippen molar-refractivity contribution >= 4 is 17.6 Å². The van der Waals surface area contributed by atoms with Crippen LogP contribution in [0.25, 0.3) is 11.5 Å². The molecule has 0 radical (unpaired) electrons. The Hall–Kier alpha value is -1.88. The highest BCUT2D eigenvalue weighted by Crippen LogP contribution is 2.20. The molecule has 0 aliphatic carbocycles. The van der Waals surface area contributed by atoms with Crippen LogP contribution in [-0.4, -0.2) is 22.8 Å². The van der Waals surface area contributed by atoms with Crippen molar-refractivity contribution in [3.8, 4) is 11.5 Å². The third kappa shape index (κ3) is 3.07. The molecule has 1 aromatic carbocycles. The molecule has 6 heteroatoms. The van der Waals surface area contributed by atoms with E-state index in [2.05, 4.69) is 10.2 Å². The summed E-state index contributed by atoms with van der Waals surface area (Å²) in [5.74, 6) is 0.202. The summed E-state index contributed by atoms with van der Waals surface area (Å²) in [6.45, 7) is 2.07. The van der Waals surface area contributed by atoms with E-state index in [1.165, 1.54) is 0 Å². The average molecular weight is 267 g/mol. The number of carbonyl (C=O) groups is 1. The third-order valence-electron chi connectivity index (χ3n) is 2.16. The van der Waals surface area contributed by atoms with Crippen LogP contribution >= 0.6 is 11.6 Å². The highest BCUT2D eigenvalue weighted by molar-refractivity contribution is 6.30. The SMILES string of the molecule is CCOC(=O)Cc1nnc(-c2ccc(Cl)cc2)o1. The molecule has 2 rings (SSSR count). The predicted octanol–water partition coefficient (Wildman–Crippen LogP) is 2.50. The highest BCUT2D eigenvalue weighted by Gasteiger charge is 2.12. The van der Waals surface area contributed by atoms with Gasteiger partial charge in [0.1, 0.15) is 6.42 Å². The minimum absolute atomic E-state index is 0.0194. The third-order valence-corrected chi connectivity index (χ3v) is 2.41. The van der Waals surface area contributed by atoms with Crippen molar-refractivity contribution in [2.75, 3.05) is 6.61 Å². The molecule has 0 aliphatic rings. The van der Waals surface area contributed by atoms with Gasteiger partial charge in [-0.2, -0.15) is 0 Å². The summed E-state index contributed by atoms with van der Waals surface area (Å²) in [4.78, 5) is 11.2. The first-order chi connectivity index (χ1) is 8.69. The van der Waals surface area contributed by atoms with Gasteiger partial charge in [-0.3, -0.25) is 4.79 Å². The van der Waals surface area contributed by atoms with Gasteiger partial charge in [0, 0.05) is 10.6 Å². The largest absolute Gasteiger partial charge is 0.466 e. The topological polar surface area (TPSA) is 65.2 Å². The molecule has 0 aliphatic heterocycles. The quantitative estimate of drug-likeness (QED) is 0.796. The first kappa shape index (κ1) is 12.6. The van der Waals surface area contributed by atoms with Gasteiger partial charge in [-0.05, 0) is 31.2 Å². The molecule has 0 atom stereocenters. The van der Waals surface area contributed by atoms with Gasteiger partial charge in [0.15, 0.2) is 0 Å². The summed E-state index contributed by atoms with van der Waals surface area (Å²) in [6, 6.07) is 6.99. The Balaban J connectivity index is 2.10. The molecule has 18 heavy (non-hydrogen) atoms. The van der Waals surface area contributed by atoms with E-state index in [1.807, 2.05) is 0 Å². The average Bonchev–Trinajstić information content (AvgIpc) is 2.78. The fraction of sp³-hybridized carbons (Fsp3) is 0.250. The van der Waals surface area contributed by atoms with E-state index in [0.29, 0.717) is 17.5 Å². The summed E-state index contributed by atoms with van der Waals surface area (Å²) in [6.07, 6.45) is -0.0194. The zero-order valence-corrected chi connectivity index (χ0v) is 10.5. The van der Waals surface area contributed by atoms with Crippen LogP contribution in [-0.2, 0) is 16.0 Å². The fourth-order valence-electron chi connectivity index (χ4n) is 1.37. The van der Waals surface area contributed by atoms with Gasteiger partial charge in [-0.25, -0.2) is 0 Å². The Morgan fingerprint density at radius 2 is 2.06 bits per heavy atom. The number of carbonyl (C=O) groups excluding carboxylic acids is 1. The first-order valence-corrected chi connectivity index (χ1v) is 5.80. The molecule has 0 amide bonds. The van der Waals surface area contributed by atoms with Gasteiger partial charge in [0.05, 0.1) is 6.61 Å². The smallest absolute Gasteiger partial charge is 0.315 e. The molecule has 2 aromatic rings. The minimum atomic E-state index is -0.385. The van der Waals surface area contributed by atoms with Crippen LogP contribution in [0, 0.1) is 0 Å². The minimum Gasteiger partial charge on any atom is -0.466 e. The summed E-state index contributed by atoms with van der Waals surface area (Å²) in [5, 5.41) is 8.28. The lowest BCUT2D eigenvalue weighted by Crippen LogP contribution is -2.07. The molecule has 0 fully saturated rings. The van der Waals surface area contributed by atoms with Crippen molar-refractivity contribution in [2.24, 2.45) is 0 Å². The Bertz CT molecular complexity index is 537. The van der Waals surface area contributed by atoms with Crippen molar-refractivity contribution in [2.45, 2.75) is 13.3 Å². The van der Waals surface area contributed by atoms with Crippen molar-refractivity contribution in [3.05, 3.63) is 35.2 Å². The molecule has 0 saturated carbocycles. The molecule has 0 saturated heterocycles. The van der Waals surface area contributed by atoms with Gasteiger partial charge >= 0.3 is 5.97 Å². The number of hydrogen-bond acceptors (Lipinski definition) is 5. The monoisotopic (exact) mass is 266 g/mol. The zero-order valence-electron chi connectivity index (χ0n) is 9.72. The molecule has 1 aromatic heterocycles. The summed E-state index contributed by atoms with van der Waals surface area (Å²) >= 11 is 5.78. The maximum atomic E-state index is 11.2. The van der Waals surface area contributed by atoms with Crippen LogP contribution in [0.2, 0.25) is 5.02 Å². The predicted molar refractivity (Wildman–Crippen MR) is 65.1 cm³/mol. The van der Waals surface area contributed by atoms with Gasteiger partial charge in [0.25, 0.3) is 0 Å². The first-order valence-electron chi connectivity index (χ1n) is 5.43. The lowest BCUT2D eigenvalue weighted by molar-refractivity contribution is -0.142. The molecule has 94 valence electrons. The molecule has 5 nitrogen and oxygen atoms in total. The van der Waals surface area contributed by atoms with Crippen LogP contribution in [0.5, 0.6) is 0 Å². The van der Waals surface area contributed by atoms with Crippen molar-refractivity contribution in [1.29, 1.82) is 0 Å². The van der Waals surface area contributed by atoms with Crippen LogP contribution in [0.15, 0.2) is 28.7 Å². The number of aromatic nitrogens is 2. The number of halogens is 1. The van der Waals surface area contributed by atoms with Gasteiger partial charge in [0.2, 0.25) is 11.8 Å². The summed E-state index contributed by atoms with van der Waals surface area (Å²) in [5.41, 5.74) is 0.752. The van der Waals surface area contributed by atoms with Crippen LogP contribution in [0.3, 0.4) is 0 Å². The van der Waals surface area contributed by atoms with Crippen molar-refractivity contribution in [3.63, 3.8) is 0 Å². The highest BCUT2D eigenvalue weighted by atomic mass is 35.5. The van der Waals surface area contributed by atoms with Crippen LogP contribution < -0.4 is 0 Å². The molecule has 0 bridgehead atoms. The second-order valence-corrected chi connectivity index (χ2v) is 3.93. The number of esters is 1. The Morgan fingerprint density at radius 3 is 2.72 bits per heavy atom. The van der Waals surface area contributed by atoms with Crippen LogP contribution in [0.1, 0.15) is 12.8 Å². The van der Waals surface area contributed by atoms with E-state index in [4.69, 9.17) is 20.8 Å². The molecule has 1 heterocycles. The van der Waals surface area contributed by atoms with E-state index >= 15 is 0 Å². The number of benzene rings is 1. The number of hydrogen-bond donors (Lipinski definition) is 0. The standard InChI is InChI=1S/C12H11ClN2O3/c1-2-17-11(16)7-10-14-15-12(18-10)8-3-5-9(13)6-4-8/h3-6H,2,7H2,1H3. The lowest BCUT2D eigenvalue weighted by atomic mass is 10.2. The van der Waals surface area contributed by atoms with E-state index in [-0.39, 0.29) is 18.3 Å². The fourth-order valence-corrected chi connectivity index (χ4v) is 1.50. The van der Waals surface area contributed by atoms with E-state index in [0.717, 1.165) is 5.56 Å². The number of ether oxygens (including phenoxy) is 1.